The van der Waals surface area contributed by atoms with Crippen LogP contribution in [-0.4, -0.2) is 96.9 Å². The van der Waals surface area contributed by atoms with Crippen molar-refractivity contribution >= 4 is 34.1 Å². The summed E-state index contributed by atoms with van der Waals surface area (Å²) in [5.74, 6) is -0.589. The van der Waals surface area contributed by atoms with Gasteiger partial charge in [0.15, 0.2) is 11.7 Å². The maximum Gasteiger partial charge on any atom is 0.338 e. The molecule has 0 radical (unpaired) electrons. The van der Waals surface area contributed by atoms with E-state index >= 15 is 0 Å². The number of esters is 1. The highest BCUT2D eigenvalue weighted by Crippen LogP contribution is 2.33. The minimum atomic E-state index is -0.447. The number of Topliss-reactive ketones (excluding diaryl/α,β-unsaturated/α-hetero) is 1. The Labute approximate surface area is 251 Å². The minimum absolute atomic E-state index is 0.0307. The Morgan fingerprint density at radius 2 is 1.65 bits per heavy atom. The number of aliphatic imine (C=N–C) groups is 1. The molecule has 0 spiro atoms. The molecule has 1 fully saturated rings. The van der Waals surface area contributed by atoms with Gasteiger partial charge in [-0.2, -0.15) is 0 Å². The van der Waals surface area contributed by atoms with E-state index in [1.807, 2.05) is 43.3 Å². The van der Waals surface area contributed by atoms with Crippen molar-refractivity contribution in [3.63, 3.8) is 0 Å². The lowest BCUT2D eigenvalue weighted by atomic mass is 9.98. The van der Waals surface area contributed by atoms with Crippen LogP contribution in [0, 0.1) is 6.92 Å². The summed E-state index contributed by atoms with van der Waals surface area (Å²) in [5, 5.41) is 11.8. The van der Waals surface area contributed by atoms with Crippen LogP contribution in [0.4, 0.5) is 5.69 Å². The third kappa shape index (κ3) is 7.02. The molecule has 224 valence electrons. The molecule has 1 aliphatic rings. The average molecular weight is 583 g/mol. The highest BCUT2D eigenvalue weighted by atomic mass is 16.5. The second-order valence-corrected chi connectivity index (χ2v) is 10.7. The predicted octanol–water partition coefficient (Wildman–Crippen LogP) is 4.97. The lowest BCUT2D eigenvalue weighted by molar-refractivity contribution is 0.0599. The van der Waals surface area contributed by atoms with Crippen LogP contribution in [0.3, 0.4) is 0 Å². The molecule has 1 aromatic heterocycles. The molecular formula is C34H38N4O5. The molecule has 0 unspecified atom stereocenters. The van der Waals surface area contributed by atoms with Crippen LogP contribution >= 0.6 is 0 Å². The first-order chi connectivity index (χ1) is 20.9. The number of methoxy groups -OCH3 is 1. The number of ether oxygens (including phenoxy) is 2. The molecule has 43 heavy (non-hydrogen) atoms. The van der Waals surface area contributed by atoms with E-state index in [9.17, 15) is 14.7 Å². The topological polar surface area (TPSA) is 107 Å². The average Bonchev–Trinajstić information content (AvgIpc) is 3.36. The second-order valence-electron chi connectivity index (χ2n) is 10.7. The first-order valence-electron chi connectivity index (χ1n) is 14.6. The van der Waals surface area contributed by atoms with Gasteiger partial charge >= 0.3 is 5.97 Å². The van der Waals surface area contributed by atoms with E-state index in [1.54, 1.807) is 30.3 Å². The van der Waals surface area contributed by atoms with Gasteiger partial charge in [0.05, 0.1) is 36.2 Å². The first-order valence-corrected chi connectivity index (χ1v) is 14.6. The molecule has 1 saturated heterocycles. The zero-order chi connectivity index (χ0) is 30.3. The Balaban J connectivity index is 1.33. The summed E-state index contributed by atoms with van der Waals surface area (Å²) in [5.41, 5.74) is 4.78. The molecule has 0 aliphatic carbocycles. The van der Waals surface area contributed by atoms with Gasteiger partial charge in [0.25, 0.3) is 0 Å². The number of carbonyl (C=O) groups excluding carboxylic acids is 2. The number of rotatable bonds is 11. The fourth-order valence-corrected chi connectivity index (χ4v) is 5.39. The number of piperazine rings is 1. The Morgan fingerprint density at radius 3 is 2.33 bits per heavy atom. The summed E-state index contributed by atoms with van der Waals surface area (Å²) in [7, 11) is 1.34. The third-order valence-corrected chi connectivity index (χ3v) is 7.94. The Bertz CT molecular complexity index is 1600. The summed E-state index contributed by atoms with van der Waals surface area (Å²) in [6.07, 6.45) is 0. The van der Waals surface area contributed by atoms with Gasteiger partial charge in [-0.05, 0) is 55.4 Å². The molecule has 9 heteroatoms. The molecule has 9 nitrogen and oxygen atoms in total. The highest BCUT2D eigenvalue weighted by molar-refractivity contribution is 6.22. The number of aromatic hydroxyl groups is 1. The molecule has 5 rings (SSSR count). The molecule has 3 aromatic carbocycles. The quantitative estimate of drug-likeness (QED) is 0.111. The fourth-order valence-electron chi connectivity index (χ4n) is 5.39. The van der Waals surface area contributed by atoms with Crippen LogP contribution < -0.4 is 0 Å². The number of aromatic amines is 1. The molecule has 0 saturated carbocycles. The molecule has 0 bridgehead atoms. The number of nitrogens with zero attached hydrogens (tertiary/aromatic N) is 3. The lowest BCUT2D eigenvalue weighted by Gasteiger charge is -2.33. The van der Waals surface area contributed by atoms with Crippen molar-refractivity contribution in [2.75, 3.05) is 59.6 Å². The van der Waals surface area contributed by atoms with E-state index in [0.717, 1.165) is 55.8 Å². The van der Waals surface area contributed by atoms with Crippen LogP contribution in [0.25, 0.3) is 10.9 Å². The first kappa shape index (κ1) is 30.2. The maximum absolute atomic E-state index is 12.8. The largest absolute Gasteiger partial charge is 0.494 e. The molecule has 1 aliphatic heterocycles. The van der Waals surface area contributed by atoms with E-state index in [-0.39, 0.29) is 18.3 Å². The SMILES string of the molecule is CCN1CCN(CCOCC(=O)c2ccc(N=C(c3ccccc3)c3c(O)[nH]c4cc(C(=O)OC)c(C)cc34)cc2)CC1. The van der Waals surface area contributed by atoms with Gasteiger partial charge in [-0.3, -0.25) is 9.69 Å². The summed E-state index contributed by atoms with van der Waals surface area (Å²) < 4.78 is 10.6. The van der Waals surface area contributed by atoms with Crippen LogP contribution in [0.2, 0.25) is 0 Å². The number of fused-ring (bicyclic) bond motifs is 1. The zero-order valence-electron chi connectivity index (χ0n) is 24.9. The van der Waals surface area contributed by atoms with Crippen molar-refractivity contribution in [2.24, 2.45) is 4.99 Å². The zero-order valence-corrected chi connectivity index (χ0v) is 24.9. The summed E-state index contributed by atoms with van der Waals surface area (Å²) in [4.78, 5) is 37.7. The van der Waals surface area contributed by atoms with Gasteiger partial charge in [-0.1, -0.05) is 37.3 Å². The van der Waals surface area contributed by atoms with Crippen molar-refractivity contribution in [1.29, 1.82) is 0 Å². The lowest BCUT2D eigenvalue weighted by Crippen LogP contribution is -2.47. The van der Waals surface area contributed by atoms with E-state index in [4.69, 9.17) is 14.5 Å². The van der Waals surface area contributed by atoms with Gasteiger partial charge in [-0.25, -0.2) is 9.79 Å². The van der Waals surface area contributed by atoms with E-state index in [1.165, 1.54) is 7.11 Å². The van der Waals surface area contributed by atoms with Crippen LogP contribution in [0.1, 0.15) is 44.3 Å². The number of ketones is 1. The Hall–Kier alpha value is -4.31. The van der Waals surface area contributed by atoms with Gasteiger partial charge in [0.2, 0.25) is 0 Å². The molecular weight excluding hydrogens is 544 g/mol. The van der Waals surface area contributed by atoms with Crippen molar-refractivity contribution in [2.45, 2.75) is 13.8 Å². The summed E-state index contributed by atoms with van der Waals surface area (Å²) in [6, 6.07) is 20.2. The summed E-state index contributed by atoms with van der Waals surface area (Å²) >= 11 is 0. The molecule has 2 heterocycles. The van der Waals surface area contributed by atoms with Crippen LogP contribution in [0.15, 0.2) is 71.7 Å². The number of aromatic nitrogens is 1. The van der Waals surface area contributed by atoms with E-state index < -0.39 is 5.97 Å². The predicted molar refractivity (Wildman–Crippen MR) is 168 cm³/mol. The highest BCUT2D eigenvalue weighted by Gasteiger charge is 2.21. The number of likely N-dealkylation sites (N-methyl/N-ethyl adjacent to an activating group) is 1. The smallest absolute Gasteiger partial charge is 0.338 e. The van der Waals surface area contributed by atoms with Crippen molar-refractivity contribution in [3.05, 3.63) is 94.5 Å². The molecule has 4 aromatic rings. The fraction of sp³-hybridized carbons (Fsp3) is 0.324. The maximum atomic E-state index is 12.8. The normalized spacial score (nSPS) is 14.7. The van der Waals surface area contributed by atoms with Gasteiger partial charge in [0, 0.05) is 54.8 Å². The third-order valence-electron chi connectivity index (χ3n) is 7.94. The number of nitrogens with one attached hydrogen (secondary N) is 1. The van der Waals surface area contributed by atoms with Crippen molar-refractivity contribution in [1.82, 2.24) is 14.8 Å². The Morgan fingerprint density at radius 1 is 0.953 bits per heavy atom. The molecule has 0 amide bonds. The van der Waals surface area contributed by atoms with E-state index in [0.29, 0.717) is 40.2 Å². The monoisotopic (exact) mass is 582 g/mol. The van der Waals surface area contributed by atoms with Crippen molar-refractivity contribution in [3.8, 4) is 5.88 Å². The molecule has 2 N–H and O–H groups in total. The number of H-pyrrole nitrogens is 1. The van der Waals surface area contributed by atoms with Gasteiger partial charge in [0.1, 0.15) is 6.61 Å². The Kier molecular flexibility index (Phi) is 9.66. The number of hydrogen-bond donors (Lipinski definition) is 2. The van der Waals surface area contributed by atoms with Gasteiger partial charge in [-0.15, -0.1) is 0 Å². The number of benzene rings is 3. The number of hydrogen-bond acceptors (Lipinski definition) is 8. The standard InChI is InChI=1S/C34H38N4O5/c1-4-37-14-16-38(17-15-37)18-19-43-22-30(39)24-10-12-26(13-11-24)35-32(25-8-6-5-7-9-25)31-28-20-23(2)27(34(41)42-3)21-29(28)36-33(31)40/h5-13,20-21,36,40H,4,14-19,22H2,1-3H3. The minimum Gasteiger partial charge on any atom is -0.494 e. The van der Waals surface area contributed by atoms with Crippen LogP contribution in [-0.2, 0) is 9.47 Å². The van der Waals surface area contributed by atoms with Crippen molar-refractivity contribution < 1.29 is 24.2 Å². The molecule has 0 atom stereocenters. The van der Waals surface area contributed by atoms with Crippen LogP contribution in [0.5, 0.6) is 5.88 Å². The summed E-state index contributed by atoms with van der Waals surface area (Å²) in [6.45, 7) is 10.7. The second kappa shape index (κ2) is 13.8. The van der Waals surface area contributed by atoms with E-state index in [2.05, 4.69) is 21.7 Å². The number of aryl methyl sites for hydroxylation is 1. The number of carbonyl (C=O) groups is 2. The van der Waals surface area contributed by atoms with Gasteiger partial charge < -0.3 is 24.5 Å².